The maximum atomic E-state index is 12.1. The molecular weight excluding hydrogens is 300 g/mol. The summed E-state index contributed by atoms with van der Waals surface area (Å²) in [6.45, 7) is 0.293. The summed E-state index contributed by atoms with van der Waals surface area (Å²) < 4.78 is 5.38. The Labute approximate surface area is 126 Å². The van der Waals surface area contributed by atoms with Crippen molar-refractivity contribution in [3.05, 3.63) is 29.3 Å². The first-order valence-corrected chi connectivity index (χ1v) is 6.39. The zero-order chi connectivity index (χ0) is 16.0. The molecule has 0 aromatic heterocycles. The first-order chi connectivity index (χ1) is 9.81. The topological polar surface area (TPSA) is 110 Å². The zero-order valence-corrected chi connectivity index (χ0v) is 12.0. The van der Waals surface area contributed by atoms with Gasteiger partial charge in [-0.2, -0.15) is 0 Å². The van der Waals surface area contributed by atoms with Crippen LogP contribution in [0.1, 0.15) is 6.92 Å². The predicted molar refractivity (Wildman–Crippen MR) is 75.0 cm³/mol. The Hall–Kier alpha value is -2.28. The zero-order valence-electron chi connectivity index (χ0n) is 11.3. The van der Waals surface area contributed by atoms with Gasteiger partial charge in [0.15, 0.2) is 6.10 Å². The van der Waals surface area contributed by atoms with Crippen molar-refractivity contribution in [1.29, 1.82) is 0 Å². The number of para-hydroxylation sites is 1. The lowest BCUT2D eigenvalue weighted by Crippen LogP contribution is -2.46. The van der Waals surface area contributed by atoms with Gasteiger partial charge in [-0.05, 0) is 19.1 Å². The summed E-state index contributed by atoms with van der Waals surface area (Å²) in [6.07, 6.45) is -1.01. The fourth-order valence-electron chi connectivity index (χ4n) is 1.60. The van der Waals surface area contributed by atoms with Crippen molar-refractivity contribution in [1.82, 2.24) is 4.90 Å². The molecule has 0 aliphatic rings. The minimum Gasteiger partial charge on any atom is -0.480 e. The first-order valence-electron chi connectivity index (χ1n) is 6.01. The quantitative estimate of drug-likeness (QED) is 0.761. The molecule has 8 heteroatoms. The SMILES string of the molecule is CC(Oc1ccccc1Cl)C(=O)N(CC(N)=O)CC(=O)O. The van der Waals surface area contributed by atoms with E-state index < -0.39 is 37.0 Å². The predicted octanol–water partition coefficient (Wildman–Crippen LogP) is 0.506. The molecule has 114 valence electrons. The Morgan fingerprint density at radius 3 is 2.48 bits per heavy atom. The number of hydrogen-bond acceptors (Lipinski definition) is 4. The minimum absolute atomic E-state index is 0.286. The molecule has 0 spiro atoms. The van der Waals surface area contributed by atoms with Crippen LogP contribution in [0, 0.1) is 0 Å². The molecule has 2 amide bonds. The summed E-state index contributed by atoms with van der Waals surface area (Å²) in [7, 11) is 0. The van der Waals surface area contributed by atoms with Gasteiger partial charge in [-0.1, -0.05) is 23.7 Å². The summed E-state index contributed by atoms with van der Waals surface area (Å²) in [6, 6.07) is 6.54. The molecule has 1 aromatic rings. The van der Waals surface area contributed by atoms with Crippen LogP contribution < -0.4 is 10.5 Å². The molecule has 3 N–H and O–H groups in total. The van der Waals surface area contributed by atoms with E-state index in [2.05, 4.69) is 0 Å². The molecule has 0 saturated carbocycles. The van der Waals surface area contributed by atoms with Crippen molar-refractivity contribution >= 4 is 29.4 Å². The van der Waals surface area contributed by atoms with Gasteiger partial charge in [-0.3, -0.25) is 14.4 Å². The van der Waals surface area contributed by atoms with E-state index in [9.17, 15) is 14.4 Å². The Bertz CT molecular complexity index is 533. The molecule has 1 atom stereocenters. The smallest absolute Gasteiger partial charge is 0.323 e. The van der Waals surface area contributed by atoms with Gasteiger partial charge in [-0.15, -0.1) is 0 Å². The molecule has 0 saturated heterocycles. The van der Waals surface area contributed by atoms with E-state index in [4.69, 9.17) is 27.2 Å². The third kappa shape index (κ3) is 5.31. The molecule has 0 heterocycles. The summed E-state index contributed by atoms with van der Waals surface area (Å²) in [4.78, 5) is 34.6. The van der Waals surface area contributed by atoms with Crippen LogP contribution in [0.3, 0.4) is 0 Å². The molecule has 0 fully saturated rings. The van der Waals surface area contributed by atoms with E-state index in [-0.39, 0.29) is 5.75 Å². The van der Waals surface area contributed by atoms with Gasteiger partial charge >= 0.3 is 5.97 Å². The van der Waals surface area contributed by atoms with E-state index >= 15 is 0 Å². The van der Waals surface area contributed by atoms with Crippen LogP contribution in [0.15, 0.2) is 24.3 Å². The second kappa shape index (κ2) is 7.49. The lowest BCUT2D eigenvalue weighted by atomic mass is 10.3. The molecule has 0 bridgehead atoms. The molecule has 0 aliphatic carbocycles. The average Bonchev–Trinajstić information content (AvgIpc) is 2.38. The van der Waals surface area contributed by atoms with Crippen molar-refractivity contribution in [2.75, 3.05) is 13.1 Å². The average molecular weight is 315 g/mol. The fourth-order valence-corrected chi connectivity index (χ4v) is 1.78. The highest BCUT2D eigenvalue weighted by atomic mass is 35.5. The molecule has 1 unspecified atom stereocenters. The highest BCUT2D eigenvalue weighted by Crippen LogP contribution is 2.24. The van der Waals surface area contributed by atoms with Gasteiger partial charge in [0.05, 0.1) is 5.02 Å². The van der Waals surface area contributed by atoms with Gasteiger partial charge in [-0.25, -0.2) is 0 Å². The van der Waals surface area contributed by atoms with E-state index in [1.165, 1.54) is 6.92 Å². The molecule has 0 radical (unpaired) electrons. The van der Waals surface area contributed by atoms with Crippen molar-refractivity contribution in [3.63, 3.8) is 0 Å². The number of rotatable bonds is 7. The van der Waals surface area contributed by atoms with Crippen molar-refractivity contribution in [2.45, 2.75) is 13.0 Å². The van der Waals surface area contributed by atoms with Gasteiger partial charge in [0, 0.05) is 0 Å². The highest BCUT2D eigenvalue weighted by molar-refractivity contribution is 6.32. The number of carboxylic acids is 1. The second-order valence-corrected chi connectivity index (χ2v) is 4.65. The van der Waals surface area contributed by atoms with Crippen LogP contribution in [0.4, 0.5) is 0 Å². The number of nitrogens with zero attached hydrogens (tertiary/aromatic N) is 1. The second-order valence-electron chi connectivity index (χ2n) is 4.24. The van der Waals surface area contributed by atoms with Crippen LogP contribution in [-0.4, -0.2) is 47.0 Å². The van der Waals surface area contributed by atoms with Crippen molar-refractivity contribution < 1.29 is 24.2 Å². The van der Waals surface area contributed by atoms with E-state index in [1.807, 2.05) is 0 Å². The monoisotopic (exact) mass is 314 g/mol. The minimum atomic E-state index is -1.26. The Balaban J connectivity index is 2.80. The van der Waals surface area contributed by atoms with Crippen LogP contribution in [-0.2, 0) is 14.4 Å². The number of nitrogens with two attached hydrogens (primary N) is 1. The Morgan fingerprint density at radius 2 is 1.95 bits per heavy atom. The number of carbonyl (C=O) groups is 3. The van der Waals surface area contributed by atoms with Gasteiger partial charge in [0.2, 0.25) is 5.91 Å². The fraction of sp³-hybridized carbons (Fsp3) is 0.308. The van der Waals surface area contributed by atoms with E-state index in [1.54, 1.807) is 24.3 Å². The van der Waals surface area contributed by atoms with Crippen LogP contribution in [0.5, 0.6) is 5.75 Å². The van der Waals surface area contributed by atoms with Gasteiger partial charge < -0.3 is 20.5 Å². The molecule has 1 aromatic carbocycles. The number of primary amides is 1. The number of benzene rings is 1. The highest BCUT2D eigenvalue weighted by Gasteiger charge is 2.25. The van der Waals surface area contributed by atoms with Gasteiger partial charge in [0.25, 0.3) is 5.91 Å². The summed E-state index contributed by atoms with van der Waals surface area (Å²) in [5.41, 5.74) is 5.00. The lowest BCUT2D eigenvalue weighted by Gasteiger charge is -2.23. The van der Waals surface area contributed by atoms with E-state index in [0.717, 1.165) is 4.90 Å². The van der Waals surface area contributed by atoms with Crippen LogP contribution in [0.2, 0.25) is 5.02 Å². The molecule has 21 heavy (non-hydrogen) atoms. The summed E-state index contributed by atoms with van der Waals surface area (Å²) >= 11 is 5.90. The summed E-state index contributed by atoms with van der Waals surface area (Å²) in [5.74, 6) is -2.45. The maximum Gasteiger partial charge on any atom is 0.323 e. The van der Waals surface area contributed by atoms with Gasteiger partial charge in [0.1, 0.15) is 18.8 Å². The number of halogens is 1. The largest absolute Gasteiger partial charge is 0.480 e. The number of hydrogen-bond donors (Lipinski definition) is 2. The number of amides is 2. The Kier molecular flexibility index (Phi) is 5.98. The van der Waals surface area contributed by atoms with Crippen molar-refractivity contribution in [3.8, 4) is 5.75 Å². The number of aliphatic carboxylic acids is 1. The lowest BCUT2D eigenvalue weighted by molar-refractivity contribution is -0.148. The normalized spacial score (nSPS) is 11.5. The number of ether oxygens (including phenoxy) is 1. The number of carboxylic acid groups (broad SMARTS) is 1. The molecule has 1 rings (SSSR count). The molecule has 0 aliphatic heterocycles. The van der Waals surface area contributed by atoms with Crippen LogP contribution in [0.25, 0.3) is 0 Å². The van der Waals surface area contributed by atoms with Crippen LogP contribution >= 0.6 is 11.6 Å². The van der Waals surface area contributed by atoms with Crippen molar-refractivity contribution in [2.24, 2.45) is 5.73 Å². The third-order valence-electron chi connectivity index (χ3n) is 2.47. The maximum absolute atomic E-state index is 12.1. The summed E-state index contributed by atoms with van der Waals surface area (Å²) in [5, 5.41) is 9.07. The Morgan fingerprint density at radius 1 is 1.33 bits per heavy atom. The third-order valence-corrected chi connectivity index (χ3v) is 2.78. The number of carbonyl (C=O) groups excluding carboxylic acids is 2. The standard InChI is InChI=1S/C13H15ClN2O5/c1-8(21-10-5-3-2-4-9(10)14)13(20)16(6-11(15)17)7-12(18)19/h2-5,8H,6-7H2,1H3,(H2,15,17)(H,18,19). The van der Waals surface area contributed by atoms with E-state index in [0.29, 0.717) is 5.02 Å². The molecule has 7 nitrogen and oxygen atoms in total. The first kappa shape index (κ1) is 16.8. The molecular formula is C13H15ClN2O5.